The van der Waals surface area contributed by atoms with E-state index in [1.54, 1.807) is 37.6 Å². The van der Waals surface area contributed by atoms with E-state index in [4.69, 9.17) is 0 Å². The van der Waals surface area contributed by atoms with Gasteiger partial charge in [-0.3, -0.25) is 9.59 Å². The number of hydrogen-bond donors (Lipinski definition) is 1. The number of halogens is 1. The molecular formula is C22H25FN6O2. The van der Waals surface area contributed by atoms with Gasteiger partial charge >= 0.3 is 0 Å². The van der Waals surface area contributed by atoms with Crippen molar-refractivity contribution in [2.24, 2.45) is 7.05 Å². The second-order valence-corrected chi connectivity index (χ2v) is 7.73. The Balaban J connectivity index is 1.54. The van der Waals surface area contributed by atoms with Crippen LogP contribution in [0.25, 0.3) is 0 Å². The van der Waals surface area contributed by atoms with E-state index in [9.17, 15) is 14.0 Å². The van der Waals surface area contributed by atoms with Crippen molar-refractivity contribution in [2.75, 3.05) is 23.3 Å². The number of anilines is 2. The molecule has 0 aliphatic carbocycles. The molecule has 1 unspecified atom stereocenters. The van der Waals surface area contributed by atoms with Crippen molar-refractivity contribution in [1.82, 2.24) is 19.3 Å². The molecule has 1 aliphatic heterocycles. The fraction of sp³-hybridized carbons (Fsp3) is 0.364. The Kier molecular flexibility index (Phi) is 6.11. The van der Waals surface area contributed by atoms with Gasteiger partial charge in [0.1, 0.15) is 11.6 Å². The topological polar surface area (TPSA) is 85.1 Å². The summed E-state index contributed by atoms with van der Waals surface area (Å²) in [5.74, 6) is 0.667. The van der Waals surface area contributed by atoms with Crippen molar-refractivity contribution in [3.63, 3.8) is 0 Å². The Labute approximate surface area is 179 Å². The van der Waals surface area contributed by atoms with Crippen molar-refractivity contribution >= 4 is 11.6 Å². The van der Waals surface area contributed by atoms with Gasteiger partial charge in [0.05, 0.1) is 6.54 Å². The monoisotopic (exact) mass is 424 g/mol. The maximum Gasteiger partial charge on any atom is 0.293 e. The predicted octanol–water partition coefficient (Wildman–Crippen LogP) is 2.00. The summed E-state index contributed by atoms with van der Waals surface area (Å²) in [6, 6.07) is 9.49. The van der Waals surface area contributed by atoms with Gasteiger partial charge in [0, 0.05) is 44.6 Å². The van der Waals surface area contributed by atoms with Gasteiger partial charge in [0.15, 0.2) is 5.82 Å². The lowest BCUT2D eigenvalue weighted by atomic mass is 10.0. The van der Waals surface area contributed by atoms with Crippen LogP contribution in [0, 0.1) is 5.82 Å². The zero-order valence-corrected chi connectivity index (χ0v) is 17.4. The number of aryl methyl sites for hydroxylation is 1. The van der Waals surface area contributed by atoms with Crippen LogP contribution in [-0.4, -0.2) is 38.5 Å². The lowest BCUT2D eigenvalue weighted by molar-refractivity contribution is 0.462. The van der Waals surface area contributed by atoms with Gasteiger partial charge in [-0.15, -0.1) is 0 Å². The molecule has 162 valence electrons. The van der Waals surface area contributed by atoms with E-state index in [1.165, 1.54) is 27.4 Å². The van der Waals surface area contributed by atoms with Crippen LogP contribution >= 0.6 is 0 Å². The molecule has 2 aromatic heterocycles. The average molecular weight is 424 g/mol. The van der Waals surface area contributed by atoms with Crippen LogP contribution in [0.3, 0.4) is 0 Å². The van der Waals surface area contributed by atoms with Crippen LogP contribution in [0.1, 0.15) is 24.8 Å². The highest BCUT2D eigenvalue weighted by Crippen LogP contribution is 2.22. The molecule has 0 bridgehead atoms. The summed E-state index contributed by atoms with van der Waals surface area (Å²) in [5.41, 5.74) is 0.262. The summed E-state index contributed by atoms with van der Waals surface area (Å²) in [7, 11) is 1.69. The van der Waals surface area contributed by atoms with E-state index in [2.05, 4.69) is 20.3 Å². The third-order valence-corrected chi connectivity index (χ3v) is 5.52. The Hall–Kier alpha value is -3.49. The SMILES string of the molecule is Cn1ccnc(NCC2CCCCN2c2ccc(=O)n(Cc3cccc(F)c3)n2)c1=O. The van der Waals surface area contributed by atoms with Gasteiger partial charge in [-0.25, -0.2) is 14.1 Å². The molecule has 1 aromatic carbocycles. The summed E-state index contributed by atoms with van der Waals surface area (Å²) in [4.78, 5) is 30.9. The van der Waals surface area contributed by atoms with Gasteiger partial charge in [-0.05, 0) is 43.0 Å². The first kappa shape index (κ1) is 20.8. The molecule has 0 spiro atoms. The maximum atomic E-state index is 13.5. The van der Waals surface area contributed by atoms with Gasteiger partial charge in [0.2, 0.25) is 0 Å². The highest BCUT2D eigenvalue weighted by molar-refractivity contribution is 5.40. The highest BCUT2D eigenvalue weighted by Gasteiger charge is 2.24. The highest BCUT2D eigenvalue weighted by atomic mass is 19.1. The molecule has 0 radical (unpaired) electrons. The van der Waals surface area contributed by atoms with Crippen molar-refractivity contribution in [2.45, 2.75) is 31.8 Å². The standard InChI is InChI=1S/C22H25FN6O2/c1-27-12-10-24-21(22(27)31)25-14-18-7-2-3-11-28(18)19-8-9-20(30)29(26-19)15-16-5-4-6-17(23)13-16/h4-6,8-10,12-13,18H,2-3,7,11,14-15H2,1H3,(H,24,25). The van der Waals surface area contributed by atoms with Gasteiger partial charge < -0.3 is 14.8 Å². The largest absolute Gasteiger partial charge is 0.363 e. The Morgan fingerprint density at radius 1 is 1.19 bits per heavy atom. The lowest BCUT2D eigenvalue weighted by Crippen LogP contribution is -2.45. The number of benzene rings is 1. The van der Waals surface area contributed by atoms with Gasteiger partial charge in [-0.1, -0.05) is 12.1 Å². The molecule has 3 aromatic rings. The maximum absolute atomic E-state index is 13.5. The predicted molar refractivity (Wildman–Crippen MR) is 117 cm³/mol. The normalized spacial score (nSPS) is 16.3. The van der Waals surface area contributed by atoms with E-state index in [1.807, 2.05) is 0 Å². The van der Waals surface area contributed by atoms with Crippen molar-refractivity contribution < 1.29 is 4.39 Å². The van der Waals surface area contributed by atoms with E-state index >= 15 is 0 Å². The van der Waals surface area contributed by atoms with E-state index < -0.39 is 0 Å². The number of piperidine rings is 1. The van der Waals surface area contributed by atoms with Crippen LogP contribution in [0.2, 0.25) is 0 Å². The summed E-state index contributed by atoms with van der Waals surface area (Å²) in [5, 5.41) is 7.73. The molecule has 8 nitrogen and oxygen atoms in total. The van der Waals surface area contributed by atoms with Crippen molar-refractivity contribution in [3.05, 3.63) is 80.9 Å². The van der Waals surface area contributed by atoms with Crippen LogP contribution in [0.15, 0.2) is 58.4 Å². The fourth-order valence-electron chi connectivity index (χ4n) is 3.86. The summed E-state index contributed by atoms with van der Waals surface area (Å²) in [6.07, 6.45) is 6.24. The number of nitrogens with zero attached hydrogens (tertiary/aromatic N) is 5. The van der Waals surface area contributed by atoms with E-state index in [0.717, 1.165) is 25.8 Å². The molecule has 1 atom stereocenters. The zero-order chi connectivity index (χ0) is 21.8. The average Bonchev–Trinajstić information content (AvgIpc) is 2.77. The number of hydrogen-bond acceptors (Lipinski definition) is 6. The minimum atomic E-state index is -0.343. The minimum absolute atomic E-state index is 0.105. The van der Waals surface area contributed by atoms with Crippen LogP contribution in [-0.2, 0) is 13.6 Å². The first-order chi connectivity index (χ1) is 15.0. The number of aromatic nitrogens is 4. The third-order valence-electron chi connectivity index (χ3n) is 5.52. The molecule has 0 amide bonds. The molecule has 1 saturated heterocycles. The van der Waals surface area contributed by atoms with Gasteiger partial charge in [0.25, 0.3) is 11.1 Å². The van der Waals surface area contributed by atoms with Gasteiger partial charge in [-0.2, -0.15) is 5.10 Å². The van der Waals surface area contributed by atoms with Crippen LogP contribution in [0.4, 0.5) is 16.0 Å². The second-order valence-electron chi connectivity index (χ2n) is 7.73. The molecular weight excluding hydrogens is 399 g/mol. The van der Waals surface area contributed by atoms with E-state index in [0.29, 0.717) is 23.7 Å². The van der Waals surface area contributed by atoms with Crippen LogP contribution in [0.5, 0.6) is 0 Å². The molecule has 1 aliphatic rings. The second kappa shape index (κ2) is 9.11. The smallest absolute Gasteiger partial charge is 0.293 e. The molecule has 9 heteroatoms. The van der Waals surface area contributed by atoms with Crippen LogP contribution < -0.4 is 21.3 Å². The lowest BCUT2D eigenvalue weighted by Gasteiger charge is -2.36. The molecule has 1 fully saturated rings. The molecule has 3 heterocycles. The molecule has 0 saturated carbocycles. The third kappa shape index (κ3) is 4.82. The fourth-order valence-corrected chi connectivity index (χ4v) is 3.86. The minimum Gasteiger partial charge on any atom is -0.363 e. The quantitative estimate of drug-likeness (QED) is 0.652. The molecule has 1 N–H and O–H groups in total. The summed E-state index contributed by atoms with van der Waals surface area (Å²) in [6.45, 7) is 1.54. The zero-order valence-electron chi connectivity index (χ0n) is 17.4. The molecule has 31 heavy (non-hydrogen) atoms. The van der Waals surface area contributed by atoms with Crippen molar-refractivity contribution in [3.8, 4) is 0 Å². The summed E-state index contributed by atoms with van der Waals surface area (Å²) >= 11 is 0. The number of rotatable bonds is 6. The first-order valence-corrected chi connectivity index (χ1v) is 10.4. The Morgan fingerprint density at radius 3 is 2.90 bits per heavy atom. The number of nitrogens with one attached hydrogen (secondary N) is 1. The Morgan fingerprint density at radius 2 is 2.06 bits per heavy atom. The molecule has 4 rings (SSSR count). The summed E-state index contributed by atoms with van der Waals surface area (Å²) < 4.78 is 16.4. The van der Waals surface area contributed by atoms with Crippen molar-refractivity contribution in [1.29, 1.82) is 0 Å². The Bertz CT molecular complexity index is 1170. The first-order valence-electron chi connectivity index (χ1n) is 10.4. The van der Waals surface area contributed by atoms with E-state index in [-0.39, 0.29) is 29.5 Å².